The molecule has 1 unspecified atom stereocenters. The maximum Gasteiger partial charge on any atom is 0.269 e. The van der Waals surface area contributed by atoms with Crippen molar-refractivity contribution in [3.05, 3.63) is 39.9 Å². The molecule has 1 atom stereocenters. The predicted octanol–water partition coefficient (Wildman–Crippen LogP) is 0.423. The molecule has 0 fully saturated rings. The Balaban J connectivity index is 2.78. The van der Waals surface area contributed by atoms with Crippen LogP contribution in [0.5, 0.6) is 0 Å². The molecule has 0 aliphatic carbocycles. The molecule has 4 N–H and O–H groups in total. The summed E-state index contributed by atoms with van der Waals surface area (Å²) in [6, 6.07) is 6.30. The fraction of sp³-hybridized carbons (Fsp3) is 0.333. The number of nitrogens with two attached hydrogens (primary N) is 2. The number of hydrogen-bond donors (Lipinski definition) is 2. The Morgan fingerprint density at radius 1 is 1.50 bits per heavy atom. The number of non-ortho nitro benzene ring substituents is 1. The van der Waals surface area contributed by atoms with Crippen LogP contribution in [0.15, 0.2) is 24.3 Å². The molecule has 0 amide bonds. The van der Waals surface area contributed by atoms with Crippen molar-refractivity contribution in [2.75, 3.05) is 6.54 Å². The first-order valence-corrected chi connectivity index (χ1v) is 4.32. The molecule has 0 saturated carbocycles. The van der Waals surface area contributed by atoms with Crippen LogP contribution in [0.1, 0.15) is 5.56 Å². The fourth-order valence-corrected chi connectivity index (χ4v) is 1.18. The van der Waals surface area contributed by atoms with Crippen LogP contribution in [0.4, 0.5) is 5.69 Å². The van der Waals surface area contributed by atoms with E-state index < -0.39 is 4.92 Å². The zero-order valence-electron chi connectivity index (χ0n) is 7.72. The lowest BCUT2D eigenvalue weighted by molar-refractivity contribution is -0.384. The SMILES string of the molecule is NCC(N)Cc1cccc([N+](=O)[O-])c1. The molecular formula is C9H13N3O2. The van der Waals surface area contributed by atoms with E-state index in [2.05, 4.69) is 0 Å². The molecule has 0 aliphatic rings. The molecular weight excluding hydrogens is 182 g/mol. The summed E-state index contributed by atoms with van der Waals surface area (Å²) >= 11 is 0. The van der Waals surface area contributed by atoms with Crippen LogP contribution in [0, 0.1) is 10.1 Å². The molecule has 1 aromatic carbocycles. The van der Waals surface area contributed by atoms with E-state index in [4.69, 9.17) is 11.5 Å². The van der Waals surface area contributed by atoms with Gasteiger partial charge in [-0.15, -0.1) is 0 Å². The highest BCUT2D eigenvalue weighted by Crippen LogP contribution is 2.13. The Morgan fingerprint density at radius 3 is 2.79 bits per heavy atom. The second kappa shape index (κ2) is 4.69. The molecule has 0 aromatic heterocycles. The average molecular weight is 195 g/mol. The van der Waals surface area contributed by atoms with Gasteiger partial charge in [0.15, 0.2) is 0 Å². The molecule has 0 bridgehead atoms. The third-order valence-corrected chi connectivity index (χ3v) is 1.92. The van der Waals surface area contributed by atoms with Crippen LogP contribution in [0.3, 0.4) is 0 Å². The summed E-state index contributed by atoms with van der Waals surface area (Å²) in [7, 11) is 0. The minimum Gasteiger partial charge on any atom is -0.329 e. The van der Waals surface area contributed by atoms with E-state index in [1.54, 1.807) is 6.07 Å². The Labute approximate surface area is 81.9 Å². The van der Waals surface area contributed by atoms with Gasteiger partial charge in [-0.25, -0.2) is 0 Å². The summed E-state index contributed by atoms with van der Waals surface area (Å²) in [5, 5.41) is 10.5. The number of benzene rings is 1. The van der Waals surface area contributed by atoms with Gasteiger partial charge in [0.05, 0.1) is 4.92 Å². The first-order valence-electron chi connectivity index (χ1n) is 4.32. The molecule has 5 heteroatoms. The van der Waals surface area contributed by atoms with Crippen molar-refractivity contribution in [2.24, 2.45) is 11.5 Å². The van der Waals surface area contributed by atoms with Crippen molar-refractivity contribution >= 4 is 5.69 Å². The number of nitro groups is 1. The van der Waals surface area contributed by atoms with Crippen molar-refractivity contribution < 1.29 is 4.92 Å². The summed E-state index contributed by atoms with van der Waals surface area (Å²) in [6.07, 6.45) is 0.568. The van der Waals surface area contributed by atoms with Crippen molar-refractivity contribution in [2.45, 2.75) is 12.5 Å². The van der Waals surface area contributed by atoms with Gasteiger partial charge < -0.3 is 11.5 Å². The van der Waals surface area contributed by atoms with E-state index >= 15 is 0 Å². The minimum atomic E-state index is -0.419. The summed E-state index contributed by atoms with van der Waals surface area (Å²) in [5.74, 6) is 0. The second-order valence-corrected chi connectivity index (χ2v) is 3.13. The average Bonchev–Trinajstić information content (AvgIpc) is 2.18. The summed E-state index contributed by atoms with van der Waals surface area (Å²) in [4.78, 5) is 10.0. The van der Waals surface area contributed by atoms with Gasteiger partial charge in [-0.1, -0.05) is 12.1 Å². The van der Waals surface area contributed by atoms with Crippen LogP contribution in [0.25, 0.3) is 0 Å². The van der Waals surface area contributed by atoms with Gasteiger partial charge >= 0.3 is 0 Å². The molecule has 0 heterocycles. The quantitative estimate of drug-likeness (QED) is 0.537. The highest BCUT2D eigenvalue weighted by molar-refractivity contribution is 5.34. The molecule has 5 nitrogen and oxygen atoms in total. The van der Waals surface area contributed by atoms with Gasteiger partial charge in [0.25, 0.3) is 5.69 Å². The van der Waals surface area contributed by atoms with E-state index in [9.17, 15) is 10.1 Å². The summed E-state index contributed by atoms with van der Waals surface area (Å²) in [5.41, 5.74) is 11.9. The van der Waals surface area contributed by atoms with E-state index in [-0.39, 0.29) is 11.7 Å². The monoisotopic (exact) mass is 195 g/mol. The maximum atomic E-state index is 10.5. The van der Waals surface area contributed by atoms with Crippen LogP contribution in [0.2, 0.25) is 0 Å². The van der Waals surface area contributed by atoms with E-state index in [1.165, 1.54) is 12.1 Å². The van der Waals surface area contributed by atoms with Crippen LogP contribution >= 0.6 is 0 Å². The molecule has 14 heavy (non-hydrogen) atoms. The number of nitro benzene ring substituents is 1. The first kappa shape index (κ1) is 10.6. The van der Waals surface area contributed by atoms with Gasteiger partial charge in [0.1, 0.15) is 0 Å². The molecule has 1 aromatic rings. The Kier molecular flexibility index (Phi) is 3.55. The summed E-state index contributed by atoms with van der Waals surface area (Å²) < 4.78 is 0. The lowest BCUT2D eigenvalue weighted by Gasteiger charge is -2.07. The third-order valence-electron chi connectivity index (χ3n) is 1.92. The second-order valence-electron chi connectivity index (χ2n) is 3.13. The highest BCUT2D eigenvalue weighted by atomic mass is 16.6. The first-order chi connectivity index (χ1) is 6.63. The smallest absolute Gasteiger partial charge is 0.269 e. The molecule has 0 saturated heterocycles. The van der Waals surface area contributed by atoms with Crippen molar-refractivity contribution in [1.82, 2.24) is 0 Å². The molecule has 0 aliphatic heterocycles. The van der Waals surface area contributed by atoms with Crippen LogP contribution < -0.4 is 11.5 Å². The predicted molar refractivity (Wildman–Crippen MR) is 53.8 cm³/mol. The van der Waals surface area contributed by atoms with E-state index in [0.29, 0.717) is 13.0 Å². The number of nitrogens with zero attached hydrogens (tertiary/aromatic N) is 1. The third kappa shape index (κ3) is 2.79. The highest BCUT2D eigenvalue weighted by Gasteiger charge is 2.07. The maximum absolute atomic E-state index is 10.5. The van der Waals surface area contributed by atoms with Crippen molar-refractivity contribution in [3.8, 4) is 0 Å². The van der Waals surface area contributed by atoms with E-state index in [1.807, 2.05) is 6.07 Å². The molecule has 1 rings (SSSR count). The number of hydrogen-bond acceptors (Lipinski definition) is 4. The van der Waals surface area contributed by atoms with Crippen molar-refractivity contribution in [1.29, 1.82) is 0 Å². The van der Waals surface area contributed by atoms with Crippen molar-refractivity contribution in [3.63, 3.8) is 0 Å². The van der Waals surface area contributed by atoms with Gasteiger partial charge in [0, 0.05) is 24.7 Å². The zero-order valence-corrected chi connectivity index (χ0v) is 7.72. The van der Waals surface area contributed by atoms with Crippen LogP contribution in [-0.2, 0) is 6.42 Å². The standard InChI is InChI=1S/C9H13N3O2/c10-6-8(11)4-7-2-1-3-9(5-7)12(13)14/h1-3,5,8H,4,6,10-11H2. The molecule has 0 radical (unpaired) electrons. The largest absolute Gasteiger partial charge is 0.329 e. The van der Waals surface area contributed by atoms with E-state index in [0.717, 1.165) is 5.56 Å². The van der Waals surface area contributed by atoms with Gasteiger partial charge in [-0.3, -0.25) is 10.1 Å². The number of rotatable bonds is 4. The fourth-order valence-electron chi connectivity index (χ4n) is 1.18. The normalized spacial score (nSPS) is 12.4. The van der Waals surface area contributed by atoms with Crippen LogP contribution in [-0.4, -0.2) is 17.5 Å². The lowest BCUT2D eigenvalue weighted by Crippen LogP contribution is -2.31. The molecule has 0 spiro atoms. The van der Waals surface area contributed by atoms with Gasteiger partial charge in [-0.05, 0) is 12.0 Å². The van der Waals surface area contributed by atoms with Gasteiger partial charge in [0.2, 0.25) is 0 Å². The molecule has 76 valence electrons. The Morgan fingerprint density at radius 2 is 2.21 bits per heavy atom. The lowest BCUT2D eigenvalue weighted by atomic mass is 10.1. The summed E-state index contributed by atoms with van der Waals surface area (Å²) in [6.45, 7) is 0.378. The Hall–Kier alpha value is -1.46. The Bertz CT molecular complexity index is 328. The zero-order chi connectivity index (χ0) is 10.6. The van der Waals surface area contributed by atoms with Gasteiger partial charge in [-0.2, -0.15) is 0 Å². The topological polar surface area (TPSA) is 95.2 Å². The minimum absolute atomic E-state index is 0.0896.